The zero-order valence-electron chi connectivity index (χ0n) is 12.5. The summed E-state index contributed by atoms with van der Waals surface area (Å²) in [5.41, 5.74) is 0.659. The minimum atomic E-state index is -0.422. The number of hydrogen-bond acceptors (Lipinski definition) is 7. The molecule has 7 nitrogen and oxygen atoms in total. The molecule has 112 valence electrons. The van der Waals surface area contributed by atoms with Crippen LogP contribution in [0.25, 0.3) is 0 Å². The monoisotopic (exact) mass is 283 g/mol. The number of hydrogen-bond donors (Lipinski definition) is 1. The van der Waals surface area contributed by atoms with E-state index in [-0.39, 0.29) is 11.9 Å². The summed E-state index contributed by atoms with van der Waals surface area (Å²) >= 11 is 0. The summed E-state index contributed by atoms with van der Waals surface area (Å²) in [7, 11) is 4.41. The van der Waals surface area contributed by atoms with E-state index in [2.05, 4.69) is 15.3 Å². The second-order valence-corrected chi connectivity index (χ2v) is 4.50. The van der Waals surface area contributed by atoms with Crippen LogP contribution in [0, 0.1) is 5.92 Å². The number of aromatic nitrogens is 2. The Bertz CT molecular complexity index is 429. The largest absolute Gasteiger partial charge is 0.481 e. The summed E-state index contributed by atoms with van der Waals surface area (Å²) in [6.07, 6.45) is 1.36. The first kappa shape index (κ1) is 16.2. The standard InChI is InChI=1S/C13H21N3O4/c1-8(2)10(13(17)20-5)14-6-9-11(18-3)15-7-16-12(9)19-4/h7-8,10,14H,6H2,1-5H3. The maximum atomic E-state index is 11.7. The molecule has 0 fully saturated rings. The van der Waals surface area contributed by atoms with E-state index in [1.807, 2.05) is 13.8 Å². The van der Waals surface area contributed by atoms with Gasteiger partial charge in [-0.1, -0.05) is 13.8 Å². The van der Waals surface area contributed by atoms with Gasteiger partial charge in [-0.3, -0.25) is 10.1 Å². The van der Waals surface area contributed by atoms with Crippen LogP contribution in [0.2, 0.25) is 0 Å². The summed E-state index contributed by atoms with van der Waals surface area (Å²) in [5, 5.41) is 3.12. The number of nitrogens with one attached hydrogen (secondary N) is 1. The van der Waals surface area contributed by atoms with Gasteiger partial charge in [0.05, 0.1) is 26.9 Å². The summed E-state index contributed by atoms with van der Waals surface area (Å²) in [6.45, 7) is 4.21. The number of carbonyl (C=O) groups is 1. The zero-order chi connectivity index (χ0) is 15.1. The molecule has 7 heteroatoms. The van der Waals surface area contributed by atoms with Gasteiger partial charge in [-0.2, -0.15) is 0 Å². The fourth-order valence-electron chi connectivity index (χ4n) is 1.81. The highest BCUT2D eigenvalue weighted by Crippen LogP contribution is 2.23. The predicted molar refractivity (Wildman–Crippen MR) is 72.6 cm³/mol. The van der Waals surface area contributed by atoms with E-state index in [4.69, 9.17) is 14.2 Å². The van der Waals surface area contributed by atoms with Crippen molar-refractivity contribution in [3.05, 3.63) is 11.9 Å². The minimum absolute atomic E-state index is 0.0871. The highest BCUT2D eigenvalue weighted by Gasteiger charge is 2.24. The Hall–Kier alpha value is -1.89. The highest BCUT2D eigenvalue weighted by atomic mass is 16.5. The molecule has 0 aromatic carbocycles. The van der Waals surface area contributed by atoms with E-state index in [1.54, 1.807) is 0 Å². The molecule has 0 saturated heterocycles. The van der Waals surface area contributed by atoms with E-state index >= 15 is 0 Å². The van der Waals surface area contributed by atoms with Crippen LogP contribution >= 0.6 is 0 Å². The van der Waals surface area contributed by atoms with Crippen LogP contribution in [0.4, 0.5) is 0 Å². The molecule has 1 rings (SSSR count). The molecule has 1 aromatic heterocycles. The molecule has 0 spiro atoms. The van der Waals surface area contributed by atoms with Gasteiger partial charge in [0.2, 0.25) is 11.8 Å². The lowest BCUT2D eigenvalue weighted by Crippen LogP contribution is -2.41. The van der Waals surface area contributed by atoms with Gasteiger partial charge in [0.25, 0.3) is 0 Å². The van der Waals surface area contributed by atoms with E-state index in [0.29, 0.717) is 23.9 Å². The third kappa shape index (κ3) is 3.80. The first-order chi connectivity index (χ1) is 9.54. The fourth-order valence-corrected chi connectivity index (χ4v) is 1.81. The van der Waals surface area contributed by atoms with Gasteiger partial charge in [0.15, 0.2) is 0 Å². The third-order valence-corrected chi connectivity index (χ3v) is 2.87. The van der Waals surface area contributed by atoms with Crippen molar-refractivity contribution in [1.82, 2.24) is 15.3 Å². The van der Waals surface area contributed by atoms with Gasteiger partial charge >= 0.3 is 5.97 Å². The van der Waals surface area contributed by atoms with Crippen molar-refractivity contribution in [3.8, 4) is 11.8 Å². The van der Waals surface area contributed by atoms with Crippen LogP contribution in [-0.2, 0) is 16.1 Å². The molecule has 1 atom stereocenters. The smallest absolute Gasteiger partial charge is 0.323 e. The zero-order valence-corrected chi connectivity index (χ0v) is 12.5. The van der Waals surface area contributed by atoms with Crippen molar-refractivity contribution in [3.63, 3.8) is 0 Å². The number of rotatable bonds is 7. The van der Waals surface area contributed by atoms with Gasteiger partial charge < -0.3 is 14.2 Å². The molecular weight excluding hydrogens is 262 g/mol. The topological polar surface area (TPSA) is 82.6 Å². The van der Waals surface area contributed by atoms with Crippen LogP contribution in [0.15, 0.2) is 6.33 Å². The summed E-state index contributed by atoms with van der Waals surface area (Å²) < 4.78 is 15.1. The summed E-state index contributed by atoms with van der Waals surface area (Å²) in [5.74, 6) is 0.604. The predicted octanol–water partition coefficient (Wildman–Crippen LogP) is 0.781. The quantitative estimate of drug-likeness (QED) is 0.740. The Morgan fingerprint density at radius 1 is 1.20 bits per heavy atom. The lowest BCUT2D eigenvalue weighted by atomic mass is 10.0. The minimum Gasteiger partial charge on any atom is -0.481 e. The number of carbonyl (C=O) groups excluding carboxylic acids is 1. The lowest BCUT2D eigenvalue weighted by molar-refractivity contribution is -0.144. The Balaban J connectivity index is 2.89. The number of ether oxygens (including phenoxy) is 3. The highest BCUT2D eigenvalue weighted by molar-refractivity contribution is 5.75. The average Bonchev–Trinajstić information content (AvgIpc) is 2.46. The van der Waals surface area contributed by atoms with Crippen LogP contribution in [0.3, 0.4) is 0 Å². The molecule has 1 heterocycles. The maximum Gasteiger partial charge on any atom is 0.323 e. The molecular formula is C13H21N3O4. The Labute approximate surface area is 118 Å². The molecule has 1 unspecified atom stereocenters. The average molecular weight is 283 g/mol. The molecule has 1 aromatic rings. The van der Waals surface area contributed by atoms with E-state index in [1.165, 1.54) is 27.7 Å². The van der Waals surface area contributed by atoms with Crippen molar-refractivity contribution >= 4 is 5.97 Å². The first-order valence-corrected chi connectivity index (χ1v) is 6.28. The number of esters is 1. The fraction of sp³-hybridized carbons (Fsp3) is 0.615. The Morgan fingerprint density at radius 3 is 2.15 bits per heavy atom. The van der Waals surface area contributed by atoms with E-state index in [0.717, 1.165) is 0 Å². The van der Waals surface area contributed by atoms with Crippen LogP contribution in [-0.4, -0.2) is 43.3 Å². The van der Waals surface area contributed by atoms with Crippen molar-refractivity contribution < 1.29 is 19.0 Å². The summed E-state index contributed by atoms with van der Waals surface area (Å²) in [4.78, 5) is 19.8. The van der Waals surface area contributed by atoms with E-state index in [9.17, 15) is 4.79 Å². The molecule has 0 saturated carbocycles. The molecule has 0 aliphatic carbocycles. The van der Waals surface area contributed by atoms with Crippen molar-refractivity contribution in [1.29, 1.82) is 0 Å². The van der Waals surface area contributed by atoms with Crippen LogP contribution in [0.1, 0.15) is 19.4 Å². The van der Waals surface area contributed by atoms with Crippen LogP contribution < -0.4 is 14.8 Å². The molecule has 0 bridgehead atoms. The lowest BCUT2D eigenvalue weighted by Gasteiger charge is -2.20. The van der Waals surface area contributed by atoms with Gasteiger partial charge in [0.1, 0.15) is 12.4 Å². The van der Waals surface area contributed by atoms with Crippen molar-refractivity contribution in [2.45, 2.75) is 26.4 Å². The Morgan fingerprint density at radius 2 is 1.75 bits per heavy atom. The number of nitrogens with zero attached hydrogens (tertiary/aromatic N) is 2. The second kappa shape index (κ2) is 7.64. The second-order valence-electron chi connectivity index (χ2n) is 4.50. The normalized spacial score (nSPS) is 12.1. The maximum absolute atomic E-state index is 11.7. The first-order valence-electron chi connectivity index (χ1n) is 6.28. The van der Waals surface area contributed by atoms with Crippen LogP contribution in [0.5, 0.6) is 11.8 Å². The van der Waals surface area contributed by atoms with Gasteiger partial charge in [-0.05, 0) is 5.92 Å². The van der Waals surface area contributed by atoms with Gasteiger partial charge in [0, 0.05) is 6.54 Å². The third-order valence-electron chi connectivity index (χ3n) is 2.87. The molecule has 0 aliphatic rings. The SMILES string of the molecule is COC(=O)C(NCc1c(OC)ncnc1OC)C(C)C. The van der Waals surface area contributed by atoms with Crippen molar-refractivity contribution in [2.75, 3.05) is 21.3 Å². The number of methoxy groups -OCH3 is 3. The molecule has 1 N–H and O–H groups in total. The van der Waals surface area contributed by atoms with Gasteiger partial charge in [-0.25, -0.2) is 9.97 Å². The van der Waals surface area contributed by atoms with E-state index < -0.39 is 6.04 Å². The van der Waals surface area contributed by atoms with Gasteiger partial charge in [-0.15, -0.1) is 0 Å². The molecule has 20 heavy (non-hydrogen) atoms. The molecule has 0 radical (unpaired) electrons. The Kier molecular flexibility index (Phi) is 6.17. The summed E-state index contributed by atoms with van der Waals surface area (Å²) in [6, 6.07) is -0.422. The van der Waals surface area contributed by atoms with Crippen molar-refractivity contribution in [2.24, 2.45) is 5.92 Å². The molecule has 0 amide bonds. The molecule has 0 aliphatic heterocycles.